The van der Waals surface area contributed by atoms with Crippen molar-refractivity contribution in [3.05, 3.63) is 35.9 Å². The van der Waals surface area contributed by atoms with Gasteiger partial charge in [-0.15, -0.1) is 0 Å². The summed E-state index contributed by atoms with van der Waals surface area (Å²) in [6.45, 7) is 9.89. The van der Waals surface area contributed by atoms with E-state index in [1.54, 1.807) is 0 Å². The number of aromatic nitrogens is 3. The highest BCUT2D eigenvalue weighted by molar-refractivity contribution is 7.09. The molecule has 1 aliphatic heterocycles. The molecule has 25 heavy (non-hydrogen) atoms. The molecule has 0 saturated carbocycles. The maximum atomic E-state index is 4.76. The lowest BCUT2D eigenvalue weighted by molar-refractivity contribution is 0.212. The summed E-state index contributed by atoms with van der Waals surface area (Å²) in [5, 5.41) is 1.05. The Kier molecular flexibility index (Phi) is 5.69. The molecular weight excluding hydrogens is 330 g/mol. The van der Waals surface area contributed by atoms with Gasteiger partial charge in [0.2, 0.25) is 5.13 Å². The minimum Gasteiger partial charge on any atom is -0.347 e. The Labute approximate surface area is 155 Å². The molecule has 0 spiro atoms. The van der Waals surface area contributed by atoms with E-state index in [1.165, 1.54) is 30.1 Å². The summed E-state index contributed by atoms with van der Waals surface area (Å²) in [4.78, 5) is 14.1. The smallest absolute Gasteiger partial charge is 0.205 e. The van der Waals surface area contributed by atoms with Gasteiger partial charge in [0, 0.05) is 68.0 Å². The number of anilines is 1. The summed E-state index contributed by atoms with van der Waals surface area (Å²) in [6, 6.07) is 6.72. The van der Waals surface area contributed by atoms with Gasteiger partial charge in [-0.25, -0.2) is 4.98 Å². The maximum Gasteiger partial charge on any atom is 0.205 e. The summed E-state index contributed by atoms with van der Waals surface area (Å²) < 4.78 is 4.55. The van der Waals surface area contributed by atoms with E-state index < -0.39 is 0 Å². The highest BCUT2D eigenvalue weighted by Gasteiger charge is 2.26. The second kappa shape index (κ2) is 7.79. The van der Waals surface area contributed by atoms with Crippen molar-refractivity contribution in [1.29, 1.82) is 0 Å². The van der Waals surface area contributed by atoms with Crippen molar-refractivity contribution < 1.29 is 0 Å². The summed E-state index contributed by atoms with van der Waals surface area (Å²) in [6.07, 6.45) is 5.28. The molecule has 1 saturated heterocycles. The number of hydrogen-bond acceptors (Lipinski definition) is 6. The minimum absolute atomic E-state index is 0.0183. The van der Waals surface area contributed by atoms with Crippen LogP contribution >= 0.6 is 11.5 Å². The Hall–Kier alpha value is -1.53. The van der Waals surface area contributed by atoms with E-state index in [4.69, 9.17) is 4.98 Å². The van der Waals surface area contributed by atoms with Crippen LogP contribution in [-0.2, 0) is 11.8 Å². The molecule has 0 bridgehead atoms. The fraction of sp³-hybridized carbons (Fsp3) is 0.632. The first kappa shape index (κ1) is 18.3. The summed E-state index contributed by atoms with van der Waals surface area (Å²) in [7, 11) is 2.17. The van der Waals surface area contributed by atoms with Gasteiger partial charge in [0.1, 0.15) is 5.82 Å². The van der Waals surface area contributed by atoms with Gasteiger partial charge in [0.15, 0.2) is 0 Å². The molecule has 5 nitrogen and oxygen atoms in total. The molecule has 0 amide bonds. The fourth-order valence-electron chi connectivity index (χ4n) is 3.17. The van der Waals surface area contributed by atoms with Crippen molar-refractivity contribution in [2.75, 3.05) is 31.6 Å². The Morgan fingerprint density at radius 1 is 1.24 bits per heavy atom. The lowest BCUT2D eigenvalue weighted by atomic mass is 9.96. The molecule has 0 aliphatic carbocycles. The van der Waals surface area contributed by atoms with E-state index in [1.807, 2.05) is 12.3 Å². The zero-order valence-corrected chi connectivity index (χ0v) is 16.6. The van der Waals surface area contributed by atoms with E-state index >= 15 is 0 Å². The summed E-state index contributed by atoms with van der Waals surface area (Å²) in [5.41, 5.74) is 1.20. The normalized spacial score (nSPS) is 17.0. The van der Waals surface area contributed by atoms with Gasteiger partial charge in [-0.05, 0) is 25.0 Å². The molecule has 0 N–H and O–H groups in total. The monoisotopic (exact) mass is 359 g/mol. The van der Waals surface area contributed by atoms with Crippen LogP contribution < -0.4 is 4.90 Å². The van der Waals surface area contributed by atoms with Crippen LogP contribution in [0.4, 0.5) is 5.13 Å². The largest absolute Gasteiger partial charge is 0.347 e. The zero-order chi connectivity index (χ0) is 17.9. The highest BCUT2D eigenvalue weighted by atomic mass is 32.1. The van der Waals surface area contributed by atoms with E-state index in [0.717, 1.165) is 37.0 Å². The van der Waals surface area contributed by atoms with E-state index in [2.05, 4.69) is 59.1 Å². The molecule has 6 heteroatoms. The highest BCUT2D eigenvalue weighted by Crippen LogP contribution is 2.28. The number of likely N-dealkylation sites (tertiary alicyclic amines) is 1. The Morgan fingerprint density at radius 3 is 2.60 bits per heavy atom. The van der Waals surface area contributed by atoms with Gasteiger partial charge in [-0.1, -0.05) is 26.8 Å². The first-order valence-corrected chi connectivity index (χ1v) is 9.90. The molecule has 0 aromatic carbocycles. The van der Waals surface area contributed by atoms with E-state index in [9.17, 15) is 0 Å². The van der Waals surface area contributed by atoms with Crippen molar-refractivity contribution in [3.8, 4) is 0 Å². The predicted molar refractivity (Wildman–Crippen MR) is 104 cm³/mol. The first-order chi connectivity index (χ1) is 11.9. The van der Waals surface area contributed by atoms with Crippen molar-refractivity contribution in [3.63, 3.8) is 0 Å². The quantitative estimate of drug-likeness (QED) is 0.819. The van der Waals surface area contributed by atoms with Crippen LogP contribution in [0.15, 0.2) is 24.4 Å². The molecule has 136 valence electrons. The molecule has 0 atom stereocenters. The number of pyridine rings is 1. The summed E-state index contributed by atoms with van der Waals surface area (Å²) >= 11 is 1.53. The van der Waals surface area contributed by atoms with Crippen LogP contribution in [-0.4, -0.2) is 52.0 Å². The molecule has 1 aliphatic rings. The molecule has 2 aromatic rings. The molecule has 1 fully saturated rings. The molecule has 2 aromatic heterocycles. The molecule has 0 unspecified atom stereocenters. The number of hydrogen-bond donors (Lipinski definition) is 0. The second-order valence-corrected chi connectivity index (χ2v) is 8.64. The number of nitrogens with zero attached hydrogens (tertiary/aromatic N) is 5. The topological polar surface area (TPSA) is 45.2 Å². The molecule has 3 heterocycles. The Balaban J connectivity index is 1.49. The standard InChI is InChI=1S/C19H29N5S/c1-19(2,3)17-21-18(25-22-17)23(4)16-9-13-24(14-10-16)12-8-15-7-5-6-11-20-15/h5-7,11,16H,8-10,12-14H2,1-4H3. The van der Waals surface area contributed by atoms with Crippen LogP contribution in [0.25, 0.3) is 0 Å². The van der Waals surface area contributed by atoms with Crippen LogP contribution in [0.1, 0.15) is 45.1 Å². The number of piperidine rings is 1. The van der Waals surface area contributed by atoms with Crippen LogP contribution in [0.3, 0.4) is 0 Å². The predicted octanol–water partition coefficient (Wildman–Crippen LogP) is 3.37. The van der Waals surface area contributed by atoms with Crippen LogP contribution in [0.5, 0.6) is 0 Å². The van der Waals surface area contributed by atoms with Crippen molar-refractivity contribution in [2.45, 2.75) is 51.5 Å². The van der Waals surface area contributed by atoms with Gasteiger partial charge < -0.3 is 9.80 Å². The molecular formula is C19H29N5S. The lowest BCUT2D eigenvalue weighted by Gasteiger charge is -2.36. The Morgan fingerprint density at radius 2 is 2.00 bits per heavy atom. The van der Waals surface area contributed by atoms with Gasteiger partial charge >= 0.3 is 0 Å². The maximum absolute atomic E-state index is 4.76. The Bertz CT molecular complexity index is 656. The third-order valence-electron chi connectivity index (χ3n) is 4.90. The average molecular weight is 360 g/mol. The van der Waals surface area contributed by atoms with Crippen molar-refractivity contribution >= 4 is 16.7 Å². The minimum atomic E-state index is 0.0183. The van der Waals surface area contributed by atoms with Crippen LogP contribution in [0, 0.1) is 0 Å². The second-order valence-electron chi connectivity index (χ2n) is 7.91. The third-order valence-corrected chi connectivity index (χ3v) is 5.71. The lowest BCUT2D eigenvalue weighted by Crippen LogP contribution is -2.44. The van der Waals surface area contributed by atoms with Crippen molar-refractivity contribution in [1.82, 2.24) is 19.2 Å². The molecule has 3 rings (SSSR count). The van der Waals surface area contributed by atoms with Gasteiger partial charge in [0.25, 0.3) is 0 Å². The van der Waals surface area contributed by atoms with Crippen molar-refractivity contribution in [2.24, 2.45) is 0 Å². The van der Waals surface area contributed by atoms with Gasteiger partial charge in [-0.3, -0.25) is 4.98 Å². The summed E-state index contributed by atoms with van der Waals surface area (Å²) in [5.74, 6) is 0.951. The average Bonchev–Trinajstić information content (AvgIpc) is 3.11. The first-order valence-electron chi connectivity index (χ1n) is 9.13. The van der Waals surface area contributed by atoms with Gasteiger partial charge in [-0.2, -0.15) is 4.37 Å². The SMILES string of the molecule is CN(c1nc(C(C)(C)C)ns1)C1CCN(CCc2ccccn2)CC1. The van der Waals surface area contributed by atoms with E-state index in [-0.39, 0.29) is 5.41 Å². The molecule has 0 radical (unpaired) electrons. The van der Waals surface area contributed by atoms with E-state index in [0.29, 0.717) is 6.04 Å². The number of rotatable bonds is 5. The zero-order valence-electron chi connectivity index (χ0n) is 15.8. The third kappa shape index (κ3) is 4.76. The van der Waals surface area contributed by atoms with Gasteiger partial charge in [0.05, 0.1) is 0 Å². The van der Waals surface area contributed by atoms with Crippen LogP contribution in [0.2, 0.25) is 0 Å². The fourth-order valence-corrected chi connectivity index (χ4v) is 4.06.